The van der Waals surface area contributed by atoms with Crippen molar-refractivity contribution in [2.75, 3.05) is 0 Å². The van der Waals surface area contributed by atoms with Crippen LogP contribution in [0.5, 0.6) is 0 Å². The lowest BCUT2D eigenvalue weighted by atomic mass is 10.1. The second-order valence-electron chi connectivity index (χ2n) is 5.68. The molecule has 0 saturated carbocycles. The molecule has 25 heavy (non-hydrogen) atoms. The Morgan fingerprint density at radius 1 is 1.04 bits per heavy atom. The van der Waals surface area contributed by atoms with Crippen molar-refractivity contribution in [1.29, 1.82) is 0 Å². The summed E-state index contributed by atoms with van der Waals surface area (Å²) in [5.74, 6) is -0.480. The summed E-state index contributed by atoms with van der Waals surface area (Å²) in [6.45, 7) is 2.07. The van der Waals surface area contributed by atoms with E-state index in [0.29, 0.717) is 12.1 Å². The van der Waals surface area contributed by atoms with Gasteiger partial charge in [0.1, 0.15) is 6.61 Å². The normalized spacial score (nSPS) is 10.4. The van der Waals surface area contributed by atoms with Crippen LogP contribution in [-0.4, -0.2) is 16.9 Å². The number of fused-ring (bicyclic) bond motifs is 1. The van der Waals surface area contributed by atoms with Gasteiger partial charge in [-0.1, -0.05) is 36.4 Å². The molecular weight excluding hydrogens is 316 g/mol. The molecule has 126 valence electrons. The largest absolute Gasteiger partial charge is 0.457 e. The van der Waals surface area contributed by atoms with Crippen LogP contribution in [0.2, 0.25) is 0 Å². The summed E-state index contributed by atoms with van der Waals surface area (Å²) < 4.78 is 5.41. The Bertz CT molecular complexity index is 899. The van der Waals surface area contributed by atoms with Gasteiger partial charge in [-0.15, -0.1) is 0 Å². The van der Waals surface area contributed by atoms with Crippen LogP contribution in [0.15, 0.2) is 60.8 Å². The van der Waals surface area contributed by atoms with Gasteiger partial charge in [-0.3, -0.25) is 9.78 Å². The highest BCUT2D eigenvalue weighted by Crippen LogP contribution is 2.17. The number of ether oxygens (including phenoxy) is 1. The van der Waals surface area contributed by atoms with E-state index in [-0.39, 0.29) is 18.5 Å². The maximum Gasteiger partial charge on any atom is 0.338 e. The number of carbonyl (C=O) groups is 2. The molecule has 5 heteroatoms. The quantitative estimate of drug-likeness (QED) is 0.728. The van der Waals surface area contributed by atoms with Gasteiger partial charge in [0.05, 0.1) is 11.1 Å². The highest BCUT2D eigenvalue weighted by Gasteiger charge is 2.09. The molecular formula is C20H18N2O3. The van der Waals surface area contributed by atoms with Crippen LogP contribution in [0.4, 0.5) is 0 Å². The Kier molecular flexibility index (Phi) is 5.04. The summed E-state index contributed by atoms with van der Waals surface area (Å²) >= 11 is 0. The van der Waals surface area contributed by atoms with Gasteiger partial charge in [0.25, 0.3) is 0 Å². The van der Waals surface area contributed by atoms with Crippen LogP contribution in [0.1, 0.15) is 28.4 Å². The summed E-state index contributed by atoms with van der Waals surface area (Å²) in [7, 11) is 0. The molecule has 1 amide bonds. The fraction of sp³-hybridized carbons (Fsp3) is 0.150. The van der Waals surface area contributed by atoms with E-state index in [2.05, 4.69) is 10.3 Å². The molecule has 0 aliphatic carbocycles. The molecule has 0 radical (unpaired) electrons. The first-order chi connectivity index (χ1) is 12.1. The van der Waals surface area contributed by atoms with E-state index in [4.69, 9.17) is 4.74 Å². The first-order valence-corrected chi connectivity index (χ1v) is 7.96. The van der Waals surface area contributed by atoms with Crippen LogP contribution in [0.25, 0.3) is 10.9 Å². The number of benzene rings is 2. The van der Waals surface area contributed by atoms with E-state index in [9.17, 15) is 9.59 Å². The number of nitrogens with one attached hydrogen (secondary N) is 1. The summed E-state index contributed by atoms with van der Waals surface area (Å²) in [5.41, 5.74) is 3.10. The Balaban J connectivity index is 1.65. The van der Waals surface area contributed by atoms with Crippen molar-refractivity contribution in [3.8, 4) is 0 Å². The monoisotopic (exact) mass is 334 g/mol. The minimum atomic E-state index is -0.390. The maximum absolute atomic E-state index is 12.2. The van der Waals surface area contributed by atoms with Crippen LogP contribution in [-0.2, 0) is 22.7 Å². The Hall–Kier alpha value is -3.21. The summed E-state index contributed by atoms with van der Waals surface area (Å²) in [6.07, 6.45) is 1.72. The molecule has 1 aromatic heterocycles. The van der Waals surface area contributed by atoms with Gasteiger partial charge < -0.3 is 10.1 Å². The zero-order valence-corrected chi connectivity index (χ0v) is 13.9. The molecule has 0 fully saturated rings. The molecule has 0 unspecified atom stereocenters. The van der Waals surface area contributed by atoms with Gasteiger partial charge in [0.15, 0.2) is 0 Å². The van der Waals surface area contributed by atoms with E-state index < -0.39 is 0 Å². The smallest absolute Gasteiger partial charge is 0.338 e. The van der Waals surface area contributed by atoms with Crippen molar-refractivity contribution in [2.45, 2.75) is 20.1 Å². The third-order valence-corrected chi connectivity index (χ3v) is 3.81. The second kappa shape index (κ2) is 7.57. The number of carbonyl (C=O) groups excluding carboxylic acids is 2. The molecule has 5 nitrogen and oxygen atoms in total. The predicted octanol–water partition coefficient (Wildman–Crippen LogP) is 3.23. The SMILES string of the molecule is CC(=O)NCc1ccc(C(=O)OCc2cccc3cccnc23)cc1. The number of aromatic nitrogens is 1. The van der Waals surface area contributed by atoms with Crippen LogP contribution in [0.3, 0.4) is 0 Å². The Morgan fingerprint density at radius 3 is 2.56 bits per heavy atom. The molecule has 0 saturated heterocycles. The lowest BCUT2D eigenvalue weighted by Crippen LogP contribution is -2.18. The minimum Gasteiger partial charge on any atom is -0.457 e. The van der Waals surface area contributed by atoms with Crippen molar-refractivity contribution in [1.82, 2.24) is 10.3 Å². The zero-order valence-electron chi connectivity index (χ0n) is 13.9. The van der Waals surface area contributed by atoms with Crippen molar-refractivity contribution in [2.24, 2.45) is 0 Å². The first kappa shape index (κ1) is 16.6. The van der Waals surface area contributed by atoms with E-state index in [1.54, 1.807) is 30.5 Å². The maximum atomic E-state index is 12.2. The lowest BCUT2D eigenvalue weighted by molar-refractivity contribution is -0.119. The number of pyridine rings is 1. The molecule has 0 aliphatic heterocycles. The topological polar surface area (TPSA) is 68.3 Å². The lowest BCUT2D eigenvalue weighted by Gasteiger charge is -2.08. The Morgan fingerprint density at radius 2 is 1.80 bits per heavy atom. The number of hydrogen-bond donors (Lipinski definition) is 1. The average molecular weight is 334 g/mol. The van der Waals surface area contributed by atoms with Crippen molar-refractivity contribution >= 4 is 22.8 Å². The predicted molar refractivity (Wildman–Crippen MR) is 94.8 cm³/mol. The molecule has 3 aromatic rings. The minimum absolute atomic E-state index is 0.0906. The van der Waals surface area contributed by atoms with E-state index >= 15 is 0 Å². The van der Waals surface area contributed by atoms with Crippen LogP contribution >= 0.6 is 0 Å². The number of rotatable bonds is 5. The molecule has 0 aliphatic rings. The van der Waals surface area contributed by atoms with Gasteiger partial charge in [-0.2, -0.15) is 0 Å². The van der Waals surface area contributed by atoms with E-state index in [0.717, 1.165) is 22.0 Å². The second-order valence-corrected chi connectivity index (χ2v) is 5.68. The van der Waals surface area contributed by atoms with E-state index in [1.165, 1.54) is 6.92 Å². The third-order valence-electron chi connectivity index (χ3n) is 3.81. The third kappa shape index (κ3) is 4.20. The zero-order chi connectivity index (χ0) is 17.6. The molecule has 3 rings (SSSR count). The number of nitrogens with zero attached hydrogens (tertiary/aromatic N) is 1. The molecule has 0 bridgehead atoms. The van der Waals surface area contributed by atoms with Gasteiger partial charge in [-0.25, -0.2) is 4.79 Å². The van der Waals surface area contributed by atoms with Crippen molar-refractivity contribution in [3.63, 3.8) is 0 Å². The van der Waals surface area contributed by atoms with E-state index in [1.807, 2.05) is 30.3 Å². The molecule has 1 N–H and O–H groups in total. The standard InChI is InChI=1S/C20H18N2O3/c1-14(23)22-12-15-7-9-17(10-8-15)20(24)25-13-18-5-2-4-16-6-3-11-21-19(16)18/h2-11H,12-13H2,1H3,(H,22,23). The van der Waals surface area contributed by atoms with Crippen molar-refractivity contribution < 1.29 is 14.3 Å². The fourth-order valence-corrected chi connectivity index (χ4v) is 2.50. The summed E-state index contributed by atoms with van der Waals surface area (Å²) in [6, 6.07) is 16.6. The van der Waals surface area contributed by atoms with Gasteiger partial charge in [0.2, 0.25) is 5.91 Å². The first-order valence-electron chi connectivity index (χ1n) is 7.96. The fourth-order valence-electron chi connectivity index (χ4n) is 2.50. The number of hydrogen-bond acceptors (Lipinski definition) is 4. The highest BCUT2D eigenvalue weighted by molar-refractivity contribution is 5.89. The van der Waals surface area contributed by atoms with Gasteiger partial charge in [0, 0.05) is 30.6 Å². The number of amides is 1. The number of esters is 1. The molecule has 0 spiro atoms. The molecule has 1 heterocycles. The van der Waals surface area contributed by atoms with Crippen LogP contribution < -0.4 is 5.32 Å². The summed E-state index contributed by atoms with van der Waals surface area (Å²) in [4.78, 5) is 27.5. The van der Waals surface area contributed by atoms with Crippen LogP contribution in [0, 0.1) is 0 Å². The van der Waals surface area contributed by atoms with Crippen molar-refractivity contribution in [3.05, 3.63) is 77.5 Å². The number of para-hydroxylation sites is 1. The molecule has 2 aromatic carbocycles. The van der Waals surface area contributed by atoms with Gasteiger partial charge in [-0.05, 0) is 23.8 Å². The Labute approximate surface area is 145 Å². The van der Waals surface area contributed by atoms with Gasteiger partial charge >= 0.3 is 5.97 Å². The highest BCUT2D eigenvalue weighted by atomic mass is 16.5. The average Bonchev–Trinajstić information content (AvgIpc) is 2.64. The summed E-state index contributed by atoms with van der Waals surface area (Å²) in [5, 5.41) is 3.72. The molecule has 0 atom stereocenters.